The third-order valence-electron chi connectivity index (χ3n) is 3.30. The normalized spacial score (nSPS) is 14.8. The molecule has 0 aliphatic rings. The van der Waals surface area contributed by atoms with E-state index < -0.39 is 20.9 Å². The van der Waals surface area contributed by atoms with Gasteiger partial charge in [-0.1, -0.05) is 26.8 Å². The van der Waals surface area contributed by atoms with Crippen molar-refractivity contribution >= 4 is 14.6 Å². The number of alkyl halides is 3. The highest BCUT2D eigenvalue weighted by Gasteiger charge is 2.36. The van der Waals surface area contributed by atoms with E-state index in [1.807, 2.05) is 26.8 Å². The van der Waals surface area contributed by atoms with E-state index in [-0.39, 0.29) is 11.5 Å². The molecule has 0 fully saturated rings. The molecule has 0 amide bonds. The summed E-state index contributed by atoms with van der Waals surface area (Å²) in [6.07, 6.45) is -3.19. The highest BCUT2D eigenvalue weighted by molar-refractivity contribution is 6.48. The van der Waals surface area contributed by atoms with Crippen LogP contribution in [0.5, 0.6) is 0 Å². The molecule has 1 atom stereocenters. The Kier molecular flexibility index (Phi) is 4.41. The van der Waals surface area contributed by atoms with Crippen LogP contribution in [0, 0.1) is 5.41 Å². The summed E-state index contributed by atoms with van der Waals surface area (Å²) in [6.45, 7) is 10.2. The summed E-state index contributed by atoms with van der Waals surface area (Å²) in [5.74, 6) is 0. The van der Waals surface area contributed by atoms with E-state index >= 15 is 0 Å². The van der Waals surface area contributed by atoms with E-state index in [1.54, 1.807) is 6.07 Å². The van der Waals surface area contributed by atoms with Gasteiger partial charge in [-0.3, -0.25) is 0 Å². The van der Waals surface area contributed by atoms with Gasteiger partial charge < -0.3 is 4.43 Å². The SMILES string of the molecule is C[SiH](C)OC(c1cccn2nc(C(F)(F)F)cc12)C(C)(C)C. The van der Waals surface area contributed by atoms with Crippen molar-refractivity contribution in [1.29, 1.82) is 0 Å². The van der Waals surface area contributed by atoms with Crippen LogP contribution in [0.15, 0.2) is 24.4 Å². The van der Waals surface area contributed by atoms with Crippen molar-refractivity contribution in [3.8, 4) is 0 Å². The predicted molar refractivity (Wildman–Crippen MR) is 82.4 cm³/mol. The van der Waals surface area contributed by atoms with E-state index in [2.05, 4.69) is 18.2 Å². The summed E-state index contributed by atoms with van der Waals surface area (Å²) in [5, 5.41) is 3.64. The Morgan fingerprint density at radius 3 is 2.36 bits per heavy atom. The third kappa shape index (κ3) is 3.52. The fourth-order valence-corrected chi connectivity index (χ4v) is 3.51. The lowest BCUT2D eigenvalue weighted by Crippen LogP contribution is -2.26. The summed E-state index contributed by atoms with van der Waals surface area (Å²) >= 11 is 0. The highest BCUT2D eigenvalue weighted by atomic mass is 28.3. The molecular weight excluding hydrogens is 309 g/mol. The van der Waals surface area contributed by atoms with Gasteiger partial charge in [-0.15, -0.1) is 0 Å². The lowest BCUT2D eigenvalue weighted by Gasteiger charge is -2.33. The molecule has 2 rings (SSSR count). The minimum Gasteiger partial charge on any atom is -0.413 e. The van der Waals surface area contributed by atoms with Crippen LogP contribution in [0.3, 0.4) is 0 Å². The van der Waals surface area contributed by atoms with Gasteiger partial charge >= 0.3 is 6.18 Å². The number of nitrogens with zero attached hydrogens (tertiary/aromatic N) is 2. The number of hydrogen-bond donors (Lipinski definition) is 0. The van der Waals surface area contributed by atoms with Crippen LogP contribution < -0.4 is 0 Å². The Morgan fingerprint density at radius 1 is 1.23 bits per heavy atom. The summed E-state index contributed by atoms with van der Waals surface area (Å²) in [6, 6.07) is 4.63. The number of pyridine rings is 1. The maximum Gasteiger partial charge on any atom is 0.435 e. The number of rotatable bonds is 3. The number of hydrogen-bond acceptors (Lipinski definition) is 2. The van der Waals surface area contributed by atoms with Gasteiger partial charge in [-0.2, -0.15) is 18.3 Å². The van der Waals surface area contributed by atoms with Crippen LogP contribution in [0.2, 0.25) is 13.1 Å². The van der Waals surface area contributed by atoms with Crippen LogP contribution in [0.25, 0.3) is 5.52 Å². The number of halogens is 3. The molecule has 22 heavy (non-hydrogen) atoms. The fourth-order valence-electron chi connectivity index (χ4n) is 2.41. The molecule has 0 aliphatic carbocycles. The zero-order chi connectivity index (χ0) is 16.7. The summed E-state index contributed by atoms with van der Waals surface area (Å²) in [7, 11) is -1.36. The second kappa shape index (κ2) is 5.70. The van der Waals surface area contributed by atoms with Gasteiger partial charge in [0.15, 0.2) is 14.7 Å². The van der Waals surface area contributed by atoms with Crippen molar-refractivity contribution in [3.05, 3.63) is 35.7 Å². The standard InChI is InChI=1S/C15H21F3N2OSi/c1-14(2,3)13(21-22(4)5)10-7-6-8-20-11(10)9-12(19-20)15(16,17)18/h6-9,13,22H,1-5H3. The lowest BCUT2D eigenvalue weighted by molar-refractivity contribution is -0.141. The molecule has 7 heteroatoms. The van der Waals surface area contributed by atoms with Crippen LogP contribution in [-0.2, 0) is 10.6 Å². The van der Waals surface area contributed by atoms with Crippen molar-refractivity contribution in [2.45, 2.75) is 46.1 Å². The van der Waals surface area contributed by atoms with E-state index in [9.17, 15) is 13.2 Å². The quantitative estimate of drug-likeness (QED) is 0.778. The molecular formula is C15H21F3N2OSi. The maximum absolute atomic E-state index is 12.9. The monoisotopic (exact) mass is 330 g/mol. The molecule has 2 heterocycles. The topological polar surface area (TPSA) is 26.5 Å². The number of fused-ring (bicyclic) bond motifs is 1. The molecule has 0 aromatic carbocycles. The van der Waals surface area contributed by atoms with Gasteiger partial charge in [-0.25, -0.2) is 4.52 Å². The van der Waals surface area contributed by atoms with Crippen LogP contribution in [-0.4, -0.2) is 18.7 Å². The summed E-state index contributed by atoms with van der Waals surface area (Å²) in [4.78, 5) is 0. The number of aromatic nitrogens is 2. The molecule has 0 saturated carbocycles. The minimum atomic E-state index is -4.45. The Labute approximate surface area is 129 Å². The zero-order valence-electron chi connectivity index (χ0n) is 13.4. The van der Waals surface area contributed by atoms with Crippen molar-refractivity contribution in [2.75, 3.05) is 0 Å². The van der Waals surface area contributed by atoms with Crippen molar-refractivity contribution in [2.24, 2.45) is 5.41 Å². The highest BCUT2D eigenvalue weighted by Crippen LogP contribution is 2.39. The maximum atomic E-state index is 12.9. The first kappa shape index (κ1) is 17.0. The average Bonchev–Trinajstić information content (AvgIpc) is 2.78. The van der Waals surface area contributed by atoms with Crippen LogP contribution >= 0.6 is 0 Å². The van der Waals surface area contributed by atoms with E-state index in [1.165, 1.54) is 10.7 Å². The van der Waals surface area contributed by atoms with Gasteiger partial charge in [0.05, 0.1) is 11.6 Å². The third-order valence-corrected chi connectivity index (χ3v) is 4.12. The molecule has 3 nitrogen and oxygen atoms in total. The molecule has 122 valence electrons. The Bertz CT molecular complexity index is 659. The summed E-state index contributed by atoms with van der Waals surface area (Å²) < 4.78 is 46.1. The first-order valence-electron chi connectivity index (χ1n) is 7.21. The second-order valence-corrected chi connectivity index (χ2v) is 9.12. The molecule has 0 saturated heterocycles. The minimum absolute atomic E-state index is 0.220. The smallest absolute Gasteiger partial charge is 0.413 e. The first-order chi connectivity index (χ1) is 10.00. The van der Waals surface area contributed by atoms with Gasteiger partial charge in [0.2, 0.25) is 0 Å². The summed E-state index contributed by atoms with van der Waals surface area (Å²) in [5.41, 5.74) is 0.0971. The van der Waals surface area contributed by atoms with E-state index in [0.29, 0.717) is 5.52 Å². The van der Waals surface area contributed by atoms with Crippen LogP contribution in [0.1, 0.15) is 38.1 Å². The van der Waals surface area contributed by atoms with E-state index in [4.69, 9.17) is 4.43 Å². The molecule has 0 N–H and O–H groups in total. The molecule has 2 aromatic heterocycles. The van der Waals surface area contributed by atoms with Crippen molar-refractivity contribution in [1.82, 2.24) is 9.61 Å². The van der Waals surface area contributed by atoms with E-state index in [0.717, 1.165) is 11.6 Å². The Balaban J connectivity index is 2.60. The molecule has 0 aliphatic heterocycles. The molecule has 0 bridgehead atoms. The van der Waals surface area contributed by atoms with Crippen LogP contribution in [0.4, 0.5) is 13.2 Å². The van der Waals surface area contributed by atoms with Crippen molar-refractivity contribution < 1.29 is 17.6 Å². The predicted octanol–water partition coefficient (Wildman–Crippen LogP) is 4.44. The molecule has 2 aromatic rings. The zero-order valence-corrected chi connectivity index (χ0v) is 14.6. The van der Waals surface area contributed by atoms with Gasteiger partial charge in [0, 0.05) is 11.8 Å². The second-order valence-electron chi connectivity index (χ2n) is 6.75. The molecule has 1 unspecified atom stereocenters. The van der Waals surface area contributed by atoms with Gasteiger partial charge in [-0.05, 0) is 30.6 Å². The lowest BCUT2D eigenvalue weighted by atomic mass is 9.84. The van der Waals surface area contributed by atoms with Crippen molar-refractivity contribution in [3.63, 3.8) is 0 Å². The largest absolute Gasteiger partial charge is 0.435 e. The fraction of sp³-hybridized carbons (Fsp3) is 0.533. The molecule has 0 spiro atoms. The Morgan fingerprint density at radius 2 is 1.86 bits per heavy atom. The molecule has 0 radical (unpaired) electrons. The van der Waals surface area contributed by atoms with Gasteiger partial charge in [0.25, 0.3) is 0 Å². The Hall–Kier alpha value is -1.34. The van der Waals surface area contributed by atoms with Gasteiger partial charge in [0.1, 0.15) is 0 Å². The average molecular weight is 330 g/mol. The first-order valence-corrected chi connectivity index (χ1v) is 9.99.